The summed E-state index contributed by atoms with van der Waals surface area (Å²) in [5.41, 5.74) is 0.560. The van der Waals surface area contributed by atoms with Crippen LogP contribution in [0.15, 0.2) is 18.3 Å². The molecule has 3 rings (SSSR count). The zero-order valence-corrected chi connectivity index (χ0v) is 12.2. The Morgan fingerprint density at radius 3 is 2.86 bits per heavy atom. The Bertz CT molecular complexity index is 664. The second kappa shape index (κ2) is 5.52. The quantitative estimate of drug-likeness (QED) is 0.930. The second-order valence-electron chi connectivity index (χ2n) is 5.64. The Morgan fingerprint density at radius 2 is 2.19 bits per heavy atom. The summed E-state index contributed by atoms with van der Waals surface area (Å²) >= 11 is 0. The van der Waals surface area contributed by atoms with Crippen LogP contribution in [-0.2, 0) is 13.0 Å². The molecule has 0 aromatic carbocycles. The lowest BCUT2D eigenvalue weighted by molar-refractivity contribution is 0.495. The molecule has 21 heavy (non-hydrogen) atoms. The third kappa shape index (κ3) is 2.59. The molecule has 0 amide bonds. The first-order valence-electron chi connectivity index (χ1n) is 7.23. The van der Waals surface area contributed by atoms with E-state index in [1.807, 2.05) is 6.07 Å². The van der Waals surface area contributed by atoms with Crippen LogP contribution in [0.3, 0.4) is 0 Å². The third-order valence-electron chi connectivity index (χ3n) is 3.78. The standard InChI is InChI=1S/C15H18N6/c1-10(2)14(15-20-19-13-4-3-7-21(13)15)18-12-6-5-11(8-16)9-17-12/h5-6,9-10,14H,3-4,7H2,1-2H3,(H,17,18). The van der Waals surface area contributed by atoms with Crippen LogP contribution in [0, 0.1) is 17.2 Å². The molecular weight excluding hydrogens is 264 g/mol. The van der Waals surface area contributed by atoms with Crippen molar-refractivity contribution in [1.82, 2.24) is 19.7 Å². The van der Waals surface area contributed by atoms with Crippen molar-refractivity contribution < 1.29 is 0 Å². The molecule has 108 valence electrons. The van der Waals surface area contributed by atoms with E-state index in [-0.39, 0.29) is 6.04 Å². The molecule has 0 spiro atoms. The van der Waals surface area contributed by atoms with Crippen molar-refractivity contribution in [2.75, 3.05) is 5.32 Å². The van der Waals surface area contributed by atoms with E-state index in [0.29, 0.717) is 11.5 Å². The normalized spacial score (nSPS) is 14.8. The number of pyridine rings is 1. The molecule has 6 nitrogen and oxygen atoms in total. The molecule has 0 aliphatic carbocycles. The summed E-state index contributed by atoms with van der Waals surface area (Å²) in [7, 11) is 0. The minimum atomic E-state index is 0.0600. The van der Waals surface area contributed by atoms with E-state index in [4.69, 9.17) is 5.26 Å². The minimum absolute atomic E-state index is 0.0600. The Hall–Kier alpha value is -2.42. The van der Waals surface area contributed by atoms with E-state index < -0.39 is 0 Å². The largest absolute Gasteiger partial charge is 0.360 e. The Morgan fingerprint density at radius 1 is 1.33 bits per heavy atom. The number of anilines is 1. The van der Waals surface area contributed by atoms with E-state index in [1.54, 1.807) is 12.3 Å². The fourth-order valence-corrected chi connectivity index (χ4v) is 2.64. The van der Waals surface area contributed by atoms with E-state index in [0.717, 1.165) is 36.9 Å². The summed E-state index contributed by atoms with van der Waals surface area (Å²) in [6.45, 7) is 5.29. The summed E-state index contributed by atoms with van der Waals surface area (Å²) < 4.78 is 2.21. The first-order chi connectivity index (χ1) is 10.2. The molecular formula is C15H18N6. The van der Waals surface area contributed by atoms with Crippen molar-refractivity contribution in [1.29, 1.82) is 5.26 Å². The van der Waals surface area contributed by atoms with Gasteiger partial charge in [0, 0.05) is 19.2 Å². The highest BCUT2D eigenvalue weighted by molar-refractivity contribution is 5.40. The molecule has 6 heteroatoms. The number of hydrogen-bond donors (Lipinski definition) is 1. The van der Waals surface area contributed by atoms with Crippen LogP contribution in [0.25, 0.3) is 0 Å². The summed E-state index contributed by atoms with van der Waals surface area (Å²) in [5.74, 6) is 3.16. The van der Waals surface area contributed by atoms with Gasteiger partial charge in [-0.1, -0.05) is 13.8 Å². The predicted octanol–water partition coefficient (Wildman–Crippen LogP) is 2.30. The SMILES string of the molecule is CC(C)C(Nc1ccc(C#N)cn1)c1nnc2n1CCC2. The number of aromatic nitrogens is 4. The Labute approximate surface area is 123 Å². The maximum absolute atomic E-state index is 8.82. The van der Waals surface area contributed by atoms with Crippen LogP contribution >= 0.6 is 0 Å². The summed E-state index contributed by atoms with van der Waals surface area (Å²) in [4.78, 5) is 4.28. The van der Waals surface area contributed by atoms with Gasteiger partial charge in [0.15, 0.2) is 5.82 Å². The summed E-state index contributed by atoms with van der Waals surface area (Å²) in [6, 6.07) is 5.73. The van der Waals surface area contributed by atoms with Crippen LogP contribution in [0.1, 0.15) is 43.5 Å². The average Bonchev–Trinajstić information content (AvgIpc) is 3.08. The smallest absolute Gasteiger partial charge is 0.155 e. The van der Waals surface area contributed by atoms with Gasteiger partial charge < -0.3 is 9.88 Å². The van der Waals surface area contributed by atoms with E-state index >= 15 is 0 Å². The maximum atomic E-state index is 8.82. The van der Waals surface area contributed by atoms with E-state index in [1.165, 1.54) is 0 Å². The monoisotopic (exact) mass is 282 g/mol. The summed E-state index contributed by atoms with van der Waals surface area (Å²) in [6.07, 6.45) is 3.72. The number of rotatable bonds is 4. The Kier molecular flexibility index (Phi) is 3.57. The van der Waals surface area contributed by atoms with Crippen molar-refractivity contribution >= 4 is 5.82 Å². The number of fused-ring (bicyclic) bond motifs is 1. The van der Waals surface area contributed by atoms with Crippen molar-refractivity contribution in [3.63, 3.8) is 0 Å². The minimum Gasteiger partial charge on any atom is -0.360 e. The van der Waals surface area contributed by atoms with Gasteiger partial charge in [-0.05, 0) is 24.5 Å². The molecule has 1 N–H and O–H groups in total. The average molecular weight is 282 g/mol. The highest BCUT2D eigenvalue weighted by Crippen LogP contribution is 2.27. The molecule has 1 aliphatic rings. The first kappa shape index (κ1) is 13.6. The third-order valence-corrected chi connectivity index (χ3v) is 3.78. The van der Waals surface area contributed by atoms with Crippen molar-refractivity contribution in [3.05, 3.63) is 35.5 Å². The van der Waals surface area contributed by atoms with E-state index in [9.17, 15) is 0 Å². The number of nitriles is 1. The fraction of sp³-hybridized carbons (Fsp3) is 0.467. The molecule has 1 unspecified atom stereocenters. The molecule has 0 fully saturated rings. The van der Waals surface area contributed by atoms with Gasteiger partial charge in [0.1, 0.15) is 17.7 Å². The lowest BCUT2D eigenvalue weighted by atomic mass is 10.0. The molecule has 1 atom stereocenters. The van der Waals surface area contributed by atoms with Gasteiger partial charge in [0.25, 0.3) is 0 Å². The number of aryl methyl sites for hydroxylation is 1. The number of nitrogens with zero attached hydrogens (tertiary/aromatic N) is 5. The Balaban J connectivity index is 1.86. The molecule has 3 heterocycles. The van der Waals surface area contributed by atoms with Gasteiger partial charge in [-0.25, -0.2) is 4.98 Å². The van der Waals surface area contributed by atoms with Crippen LogP contribution in [0.2, 0.25) is 0 Å². The molecule has 0 radical (unpaired) electrons. The zero-order chi connectivity index (χ0) is 14.8. The molecule has 0 saturated carbocycles. The van der Waals surface area contributed by atoms with Gasteiger partial charge in [0.05, 0.1) is 11.6 Å². The van der Waals surface area contributed by atoms with Gasteiger partial charge >= 0.3 is 0 Å². The zero-order valence-electron chi connectivity index (χ0n) is 12.2. The molecule has 2 aromatic heterocycles. The molecule has 1 aliphatic heterocycles. The lowest BCUT2D eigenvalue weighted by Gasteiger charge is -2.22. The number of nitrogens with one attached hydrogen (secondary N) is 1. The van der Waals surface area contributed by atoms with Crippen molar-refractivity contribution in [2.24, 2.45) is 5.92 Å². The van der Waals surface area contributed by atoms with E-state index in [2.05, 4.69) is 45.0 Å². The molecule has 2 aromatic rings. The van der Waals surface area contributed by atoms with Crippen LogP contribution < -0.4 is 5.32 Å². The van der Waals surface area contributed by atoms with Gasteiger partial charge in [-0.2, -0.15) is 5.26 Å². The maximum Gasteiger partial charge on any atom is 0.155 e. The topological polar surface area (TPSA) is 79.4 Å². The van der Waals surface area contributed by atoms with Crippen LogP contribution in [-0.4, -0.2) is 19.7 Å². The predicted molar refractivity (Wildman–Crippen MR) is 78.5 cm³/mol. The van der Waals surface area contributed by atoms with Crippen LogP contribution in [0.5, 0.6) is 0 Å². The lowest BCUT2D eigenvalue weighted by Crippen LogP contribution is -2.21. The number of hydrogen-bond acceptors (Lipinski definition) is 5. The highest BCUT2D eigenvalue weighted by atomic mass is 15.3. The van der Waals surface area contributed by atoms with Crippen molar-refractivity contribution in [2.45, 2.75) is 39.3 Å². The fourth-order valence-electron chi connectivity index (χ4n) is 2.64. The highest BCUT2D eigenvalue weighted by Gasteiger charge is 2.26. The first-order valence-corrected chi connectivity index (χ1v) is 7.23. The van der Waals surface area contributed by atoms with Crippen LogP contribution in [0.4, 0.5) is 5.82 Å². The summed E-state index contributed by atoms with van der Waals surface area (Å²) in [5, 5.41) is 20.9. The second-order valence-corrected chi connectivity index (χ2v) is 5.64. The van der Waals surface area contributed by atoms with Crippen molar-refractivity contribution in [3.8, 4) is 6.07 Å². The van der Waals surface area contributed by atoms with Gasteiger partial charge in [0.2, 0.25) is 0 Å². The molecule has 0 bridgehead atoms. The van der Waals surface area contributed by atoms with Gasteiger partial charge in [-0.15, -0.1) is 10.2 Å². The molecule has 0 saturated heterocycles. The van der Waals surface area contributed by atoms with Gasteiger partial charge in [-0.3, -0.25) is 0 Å².